The van der Waals surface area contributed by atoms with Crippen LogP contribution >= 0.6 is 0 Å². The number of hydrogen-bond acceptors (Lipinski definition) is 6. The number of aliphatic hydroxyl groups is 1. The highest BCUT2D eigenvalue weighted by Gasteiger charge is 2.40. The molecule has 1 aliphatic carbocycles. The zero-order valence-corrected chi connectivity index (χ0v) is 14.1. The fourth-order valence-electron chi connectivity index (χ4n) is 3.60. The highest BCUT2D eigenvalue weighted by Crippen LogP contribution is 2.26. The van der Waals surface area contributed by atoms with E-state index in [1.54, 1.807) is 19.9 Å². The molecular weight excluding hydrogens is 312 g/mol. The van der Waals surface area contributed by atoms with Crippen LogP contribution in [0.15, 0.2) is 10.6 Å². The average molecular weight is 336 g/mol. The zero-order valence-electron chi connectivity index (χ0n) is 14.1. The van der Waals surface area contributed by atoms with Crippen molar-refractivity contribution in [3.63, 3.8) is 0 Å². The molecule has 8 heteroatoms. The van der Waals surface area contributed by atoms with Gasteiger partial charge in [0, 0.05) is 45.2 Å². The smallest absolute Gasteiger partial charge is 0.273 e. The van der Waals surface area contributed by atoms with Crippen molar-refractivity contribution in [2.75, 3.05) is 26.2 Å². The third-order valence-electron chi connectivity index (χ3n) is 4.99. The maximum atomic E-state index is 12.2. The van der Waals surface area contributed by atoms with Gasteiger partial charge in [-0.3, -0.25) is 14.5 Å². The molecule has 2 amide bonds. The topological polar surface area (TPSA) is 98.9 Å². The van der Waals surface area contributed by atoms with Gasteiger partial charge in [-0.25, -0.2) is 0 Å². The SMILES string of the molecule is CC(=O)N1CCN([C@@H]2CC[C@@H](NC(=O)c3cc(C)on3)[C@H]2O)CC1. The summed E-state index contributed by atoms with van der Waals surface area (Å²) in [6.07, 6.45) is 0.927. The second kappa shape index (κ2) is 6.90. The van der Waals surface area contributed by atoms with Crippen LogP contribution in [0.4, 0.5) is 0 Å². The predicted octanol–water partition coefficient (Wildman–Crippen LogP) is -0.231. The van der Waals surface area contributed by atoms with E-state index in [1.165, 1.54) is 0 Å². The molecule has 0 radical (unpaired) electrons. The zero-order chi connectivity index (χ0) is 17.3. The molecule has 2 heterocycles. The number of carbonyl (C=O) groups excluding carboxylic acids is 2. The van der Waals surface area contributed by atoms with Crippen molar-refractivity contribution in [2.24, 2.45) is 0 Å². The van der Waals surface area contributed by atoms with Crippen LogP contribution in [-0.4, -0.2) is 76.2 Å². The van der Waals surface area contributed by atoms with Crippen molar-refractivity contribution < 1.29 is 19.2 Å². The largest absolute Gasteiger partial charge is 0.389 e. The molecule has 1 saturated carbocycles. The van der Waals surface area contributed by atoms with Crippen molar-refractivity contribution in [1.82, 2.24) is 20.3 Å². The number of rotatable bonds is 3. The fraction of sp³-hybridized carbons (Fsp3) is 0.688. The summed E-state index contributed by atoms with van der Waals surface area (Å²) >= 11 is 0. The average Bonchev–Trinajstić information content (AvgIpc) is 3.14. The normalized spacial score (nSPS) is 28.1. The van der Waals surface area contributed by atoms with Gasteiger partial charge < -0.3 is 19.8 Å². The molecule has 8 nitrogen and oxygen atoms in total. The maximum absolute atomic E-state index is 12.2. The summed E-state index contributed by atoms with van der Waals surface area (Å²) < 4.78 is 4.91. The van der Waals surface area contributed by atoms with Gasteiger partial charge in [-0.15, -0.1) is 0 Å². The van der Waals surface area contributed by atoms with Gasteiger partial charge in [-0.05, 0) is 19.8 Å². The lowest BCUT2D eigenvalue weighted by molar-refractivity contribution is -0.131. The molecule has 0 spiro atoms. The Labute approximate surface area is 140 Å². The molecule has 0 unspecified atom stereocenters. The van der Waals surface area contributed by atoms with Gasteiger partial charge in [0.15, 0.2) is 5.69 Å². The second-order valence-electron chi connectivity index (χ2n) is 6.58. The summed E-state index contributed by atoms with van der Waals surface area (Å²) in [6.45, 7) is 6.19. The number of piperazine rings is 1. The van der Waals surface area contributed by atoms with Crippen molar-refractivity contribution in [1.29, 1.82) is 0 Å². The molecule has 3 rings (SSSR count). The fourth-order valence-corrected chi connectivity index (χ4v) is 3.60. The number of hydrogen-bond donors (Lipinski definition) is 2. The molecule has 1 aromatic heterocycles. The highest BCUT2D eigenvalue weighted by molar-refractivity contribution is 5.92. The summed E-state index contributed by atoms with van der Waals surface area (Å²) in [5.41, 5.74) is 0.234. The monoisotopic (exact) mass is 336 g/mol. The van der Waals surface area contributed by atoms with Crippen LogP contribution in [0, 0.1) is 6.92 Å². The second-order valence-corrected chi connectivity index (χ2v) is 6.58. The van der Waals surface area contributed by atoms with E-state index < -0.39 is 6.10 Å². The minimum atomic E-state index is -0.620. The highest BCUT2D eigenvalue weighted by atomic mass is 16.5. The third kappa shape index (κ3) is 3.44. The molecule has 2 N–H and O–H groups in total. The van der Waals surface area contributed by atoms with E-state index in [0.29, 0.717) is 18.8 Å². The van der Waals surface area contributed by atoms with Crippen LogP contribution in [0.2, 0.25) is 0 Å². The lowest BCUT2D eigenvalue weighted by Crippen LogP contribution is -2.55. The van der Waals surface area contributed by atoms with Crippen LogP contribution in [0.3, 0.4) is 0 Å². The summed E-state index contributed by atoms with van der Waals surface area (Å²) in [4.78, 5) is 27.6. The Morgan fingerprint density at radius 2 is 2.00 bits per heavy atom. The van der Waals surface area contributed by atoms with Crippen molar-refractivity contribution in [3.8, 4) is 0 Å². The van der Waals surface area contributed by atoms with E-state index in [9.17, 15) is 14.7 Å². The Morgan fingerprint density at radius 3 is 2.58 bits per heavy atom. The summed E-state index contributed by atoms with van der Waals surface area (Å²) in [7, 11) is 0. The minimum absolute atomic E-state index is 0.0171. The van der Waals surface area contributed by atoms with Gasteiger partial charge >= 0.3 is 0 Å². The van der Waals surface area contributed by atoms with E-state index in [0.717, 1.165) is 25.9 Å². The first-order chi connectivity index (χ1) is 11.5. The summed E-state index contributed by atoms with van der Waals surface area (Å²) in [5.74, 6) is 0.348. The minimum Gasteiger partial charge on any atom is -0.389 e. The van der Waals surface area contributed by atoms with E-state index in [2.05, 4.69) is 15.4 Å². The Morgan fingerprint density at radius 1 is 1.29 bits per heavy atom. The Kier molecular flexibility index (Phi) is 4.86. The molecule has 24 heavy (non-hydrogen) atoms. The molecule has 2 aliphatic rings. The van der Waals surface area contributed by atoms with Gasteiger partial charge in [-0.2, -0.15) is 0 Å². The van der Waals surface area contributed by atoms with E-state index in [4.69, 9.17) is 4.52 Å². The predicted molar refractivity (Wildman–Crippen MR) is 85.4 cm³/mol. The first kappa shape index (κ1) is 16.9. The van der Waals surface area contributed by atoms with Gasteiger partial charge in [0.2, 0.25) is 5.91 Å². The summed E-state index contributed by atoms with van der Waals surface area (Å²) in [6, 6.07) is 1.31. The molecule has 1 saturated heterocycles. The van der Waals surface area contributed by atoms with E-state index in [-0.39, 0.29) is 29.6 Å². The molecule has 0 aromatic carbocycles. The summed E-state index contributed by atoms with van der Waals surface area (Å²) in [5, 5.41) is 17.1. The Balaban J connectivity index is 1.54. The molecule has 2 fully saturated rings. The van der Waals surface area contributed by atoms with Gasteiger partial charge in [0.05, 0.1) is 12.1 Å². The van der Waals surface area contributed by atoms with Crippen LogP contribution < -0.4 is 5.32 Å². The van der Waals surface area contributed by atoms with E-state index in [1.807, 2.05) is 4.90 Å². The molecular formula is C16H24N4O4. The number of aliphatic hydroxyl groups excluding tert-OH is 1. The molecule has 1 aliphatic heterocycles. The standard InChI is InChI=1S/C16H24N4O4/c1-10-9-13(18-24-10)16(23)17-12-3-4-14(15(12)22)20-7-5-19(6-8-20)11(2)21/h9,12,14-15,22H,3-8H2,1-2H3,(H,17,23)/t12-,14-,15-/m1/s1. The van der Waals surface area contributed by atoms with Gasteiger partial charge in [0.1, 0.15) is 5.76 Å². The Hall–Kier alpha value is -1.93. The molecule has 132 valence electrons. The number of nitrogens with one attached hydrogen (secondary N) is 1. The Bertz CT molecular complexity index is 609. The number of aryl methyl sites for hydroxylation is 1. The van der Waals surface area contributed by atoms with Crippen molar-refractivity contribution in [2.45, 2.75) is 44.9 Å². The first-order valence-electron chi connectivity index (χ1n) is 8.37. The van der Waals surface area contributed by atoms with Gasteiger partial charge in [0.25, 0.3) is 5.91 Å². The third-order valence-corrected chi connectivity index (χ3v) is 4.99. The lowest BCUT2D eigenvalue weighted by Gasteiger charge is -2.39. The van der Waals surface area contributed by atoms with Crippen LogP contribution in [0.5, 0.6) is 0 Å². The number of carbonyl (C=O) groups is 2. The molecule has 3 atom stereocenters. The van der Waals surface area contributed by atoms with Crippen molar-refractivity contribution >= 4 is 11.8 Å². The molecule has 0 bridgehead atoms. The first-order valence-corrected chi connectivity index (χ1v) is 8.37. The number of amides is 2. The van der Waals surface area contributed by atoms with Crippen LogP contribution in [-0.2, 0) is 4.79 Å². The maximum Gasteiger partial charge on any atom is 0.273 e. The van der Waals surface area contributed by atoms with Crippen LogP contribution in [0.1, 0.15) is 36.0 Å². The van der Waals surface area contributed by atoms with Crippen LogP contribution in [0.25, 0.3) is 0 Å². The van der Waals surface area contributed by atoms with Gasteiger partial charge in [-0.1, -0.05) is 5.16 Å². The quantitative estimate of drug-likeness (QED) is 0.791. The number of aromatic nitrogens is 1. The lowest BCUT2D eigenvalue weighted by atomic mass is 10.1. The number of nitrogens with zero attached hydrogens (tertiary/aromatic N) is 3. The molecule has 1 aromatic rings. The van der Waals surface area contributed by atoms with Crippen molar-refractivity contribution in [3.05, 3.63) is 17.5 Å². The van der Waals surface area contributed by atoms with E-state index >= 15 is 0 Å².